The van der Waals surface area contributed by atoms with Crippen LogP contribution in [0.2, 0.25) is 0 Å². The molecule has 0 saturated carbocycles. The molecule has 3 amide bonds. The highest BCUT2D eigenvalue weighted by Gasteiger charge is 2.15. The molecule has 0 heterocycles. The van der Waals surface area contributed by atoms with E-state index in [-0.39, 0.29) is 30.7 Å². The SMILES string of the molecule is COC(=O)CCNC(=O)c1ccc(NC(=O)NCC(c2ccc(F)cc2)N(C)C)cc1. The van der Waals surface area contributed by atoms with Gasteiger partial charge >= 0.3 is 12.0 Å². The fraction of sp³-hybridized carbons (Fsp3) is 0.318. The van der Waals surface area contributed by atoms with Gasteiger partial charge in [0, 0.05) is 24.3 Å². The molecular weight excluding hydrogens is 403 g/mol. The second-order valence-electron chi connectivity index (χ2n) is 7.03. The van der Waals surface area contributed by atoms with Crippen molar-refractivity contribution in [2.45, 2.75) is 12.5 Å². The Kier molecular flexibility index (Phi) is 8.95. The number of carbonyl (C=O) groups excluding carboxylic acids is 3. The quantitative estimate of drug-likeness (QED) is 0.531. The highest BCUT2D eigenvalue weighted by Crippen LogP contribution is 2.18. The number of hydrogen-bond acceptors (Lipinski definition) is 5. The van der Waals surface area contributed by atoms with Gasteiger partial charge in [0.2, 0.25) is 0 Å². The molecule has 0 aliphatic heterocycles. The minimum atomic E-state index is -0.401. The Morgan fingerprint density at radius 1 is 1.00 bits per heavy atom. The molecule has 8 nitrogen and oxygen atoms in total. The van der Waals surface area contributed by atoms with Crippen LogP contribution in [0.4, 0.5) is 14.9 Å². The number of methoxy groups -OCH3 is 1. The van der Waals surface area contributed by atoms with Gasteiger partial charge in [-0.1, -0.05) is 12.1 Å². The van der Waals surface area contributed by atoms with Crippen molar-refractivity contribution in [3.63, 3.8) is 0 Å². The number of esters is 1. The molecule has 0 saturated heterocycles. The summed E-state index contributed by atoms with van der Waals surface area (Å²) in [5.41, 5.74) is 1.81. The van der Waals surface area contributed by atoms with Gasteiger partial charge in [0.25, 0.3) is 5.91 Å². The smallest absolute Gasteiger partial charge is 0.319 e. The zero-order valence-electron chi connectivity index (χ0n) is 17.8. The number of halogens is 1. The Labute approximate surface area is 180 Å². The molecule has 0 aromatic heterocycles. The molecule has 1 unspecified atom stereocenters. The largest absolute Gasteiger partial charge is 0.469 e. The molecule has 2 rings (SSSR count). The number of nitrogens with one attached hydrogen (secondary N) is 3. The van der Waals surface area contributed by atoms with Crippen LogP contribution >= 0.6 is 0 Å². The van der Waals surface area contributed by atoms with Crippen LogP contribution in [0.3, 0.4) is 0 Å². The average molecular weight is 430 g/mol. The lowest BCUT2D eigenvalue weighted by atomic mass is 10.1. The molecule has 9 heteroatoms. The third-order valence-electron chi connectivity index (χ3n) is 4.58. The molecule has 0 aliphatic carbocycles. The van der Waals surface area contributed by atoms with E-state index in [1.165, 1.54) is 19.2 Å². The maximum absolute atomic E-state index is 13.2. The van der Waals surface area contributed by atoms with Crippen LogP contribution in [0.5, 0.6) is 0 Å². The van der Waals surface area contributed by atoms with Gasteiger partial charge in [-0.25, -0.2) is 9.18 Å². The fourth-order valence-corrected chi connectivity index (χ4v) is 2.84. The average Bonchev–Trinajstić information content (AvgIpc) is 2.75. The number of likely N-dealkylation sites (N-methyl/N-ethyl adjacent to an activating group) is 1. The van der Waals surface area contributed by atoms with E-state index >= 15 is 0 Å². The van der Waals surface area contributed by atoms with Crippen LogP contribution in [0, 0.1) is 5.82 Å². The summed E-state index contributed by atoms with van der Waals surface area (Å²) in [4.78, 5) is 37.3. The van der Waals surface area contributed by atoms with E-state index in [0.717, 1.165) is 5.56 Å². The maximum Gasteiger partial charge on any atom is 0.319 e. The minimum absolute atomic E-state index is 0.0912. The summed E-state index contributed by atoms with van der Waals surface area (Å²) in [5.74, 6) is -1.04. The number of urea groups is 1. The van der Waals surface area contributed by atoms with Gasteiger partial charge < -0.3 is 25.6 Å². The van der Waals surface area contributed by atoms with E-state index in [1.807, 2.05) is 19.0 Å². The highest BCUT2D eigenvalue weighted by atomic mass is 19.1. The molecule has 2 aromatic carbocycles. The van der Waals surface area contributed by atoms with Gasteiger partial charge in [0.05, 0.1) is 19.6 Å². The van der Waals surface area contributed by atoms with Crippen molar-refractivity contribution in [1.82, 2.24) is 15.5 Å². The van der Waals surface area contributed by atoms with E-state index in [9.17, 15) is 18.8 Å². The molecule has 0 aliphatic rings. The zero-order chi connectivity index (χ0) is 22.8. The predicted octanol–water partition coefficient (Wildman–Crippen LogP) is 2.54. The third-order valence-corrected chi connectivity index (χ3v) is 4.58. The normalized spacial score (nSPS) is 11.5. The lowest BCUT2D eigenvalue weighted by Gasteiger charge is -2.25. The first kappa shape index (κ1) is 23.8. The number of rotatable bonds is 9. The second kappa shape index (κ2) is 11.7. The molecule has 31 heavy (non-hydrogen) atoms. The molecule has 0 radical (unpaired) electrons. The zero-order valence-corrected chi connectivity index (χ0v) is 17.8. The van der Waals surface area contributed by atoms with Gasteiger partial charge in [-0.2, -0.15) is 0 Å². The lowest BCUT2D eigenvalue weighted by molar-refractivity contribution is -0.140. The van der Waals surface area contributed by atoms with E-state index < -0.39 is 12.0 Å². The van der Waals surface area contributed by atoms with Crippen LogP contribution in [-0.4, -0.2) is 57.1 Å². The van der Waals surface area contributed by atoms with Crippen molar-refractivity contribution < 1.29 is 23.5 Å². The van der Waals surface area contributed by atoms with Gasteiger partial charge in [0.1, 0.15) is 5.82 Å². The van der Waals surface area contributed by atoms with Crippen molar-refractivity contribution in [2.24, 2.45) is 0 Å². The van der Waals surface area contributed by atoms with Gasteiger partial charge in [-0.15, -0.1) is 0 Å². The van der Waals surface area contributed by atoms with Gasteiger partial charge in [-0.05, 0) is 56.1 Å². The predicted molar refractivity (Wildman–Crippen MR) is 115 cm³/mol. The van der Waals surface area contributed by atoms with Crippen LogP contribution < -0.4 is 16.0 Å². The lowest BCUT2D eigenvalue weighted by Crippen LogP contribution is -2.36. The number of anilines is 1. The minimum Gasteiger partial charge on any atom is -0.469 e. The van der Waals surface area contributed by atoms with Crippen LogP contribution in [0.1, 0.15) is 28.4 Å². The Hall–Kier alpha value is -3.46. The third kappa shape index (κ3) is 7.71. The van der Waals surface area contributed by atoms with E-state index in [4.69, 9.17) is 0 Å². The summed E-state index contributed by atoms with van der Waals surface area (Å²) < 4.78 is 17.7. The summed E-state index contributed by atoms with van der Waals surface area (Å²) in [7, 11) is 5.04. The van der Waals surface area contributed by atoms with Crippen LogP contribution in [-0.2, 0) is 9.53 Å². The second-order valence-corrected chi connectivity index (χ2v) is 7.03. The topological polar surface area (TPSA) is 99.8 Å². The van der Waals surface area contributed by atoms with Crippen LogP contribution in [0.25, 0.3) is 0 Å². The Bertz CT molecular complexity index is 885. The monoisotopic (exact) mass is 430 g/mol. The molecule has 2 aromatic rings. The molecule has 0 fully saturated rings. The van der Waals surface area contributed by atoms with Crippen molar-refractivity contribution in [3.8, 4) is 0 Å². The number of ether oxygens (including phenoxy) is 1. The highest BCUT2D eigenvalue weighted by molar-refractivity contribution is 5.95. The van der Waals surface area contributed by atoms with Crippen molar-refractivity contribution in [2.75, 3.05) is 39.6 Å². The summed E-state index contributed by atoms with van der Waals surface area (Å²) in [6.45, 7) is 0.500. The molecule has 3 N–H and O–H groups in total. The first-order chi connectivity index (χ1) is 14.8. The number of hydrogen-bond donors (Lipinski definition) is 3. The Balaban J connectivity index is 1.85. The van der Waals surface area contributed by atoms with E-state index in [2.05, 4.69) is 20.7 Å². The standard InChI is InChI=1S/C22H27FN4O4/c1-27(2)19(15-4-8-17(23)9-5-15)14-25-22(30)26-18-10-6-16(7-11-18)21(29)24-13-12-20(28)31-3/h4-11,19H,12-14H2,1-3H3,(H,24,29)(H2,25,26,30). The molecule has 0 bridgehead atoms. The van der Waals surface area contributed by atoms with Crippen LogP contribution in [0.15, 0.2) is 48.5 Å². The molecule has 1 atom stereocenters. The molecule has 0 spiro atoms. The fourth-order valence-electron chi connectivity index (χ4n) is 2.84. The Morgan fingerprint density at radius 3 is 2.23 bits per heavy atom. The van der Waals surface area contributed by atoms with Gasteiger partial charge in [-0.3, -0.25) is 9.59 Å². The summed E-state index contributed by atoms with van der Waals surface area (Å²) in [6, 6.07) is 12.0. The first-order valence-electron chi connectivity index (χ1n) is 9.72. The maximum atomic E-state index is 13.2. The molecular formula is C22H27FN4O4. The summed E-state index contributed by atoms with van der Waals surface area (Å²) in [5, 5.41) is 8.12. The first-order valence-corrected chi connectivity index (χ1v) is 9.72. The number of carbonyl (C=O) groups is 3. The number of nitrogens with zero attached hydrogens (tertiary/aromatic N) is 1. The number of amides is 3. The summed E-state index contributed by atoms with van der Waals surface area (Å²) in [6.07, 6.45) is 0.0912. The van der Waals surface area contributed by atoms with Crippen molar-refractivity contribution >= 4 is 23.6 Å². The van der Waals surface area contributed by atoms with E-state index in [1.54, 1.807) is 36.4 Å². The van der Waals surface area contributed by atoms with Crippen molar-refractivity contribution in [3.05, 3.63) is 65.5 Å². The van der Waals surface area contributed by atoms with E-state index in [0.29, 0.717) is 17.8 Å². The summed E-state index contributed by atoms with van der Waals surface area (Å²) >= 11 is 0. The van der Waals surface area contributed by atoms with Crippen molar-refractivity contribution in [1.29, 1.82) is 0 Å². The number of benzene rings is 2. The van der Waals surface area contributed by atoms with Gasteiger partial charge in [0.15, 0.2) is 0 Å². The molecule has 166 valence electrons. The Morgan fingerprint density at radius 2 is 1.65 bits per heavy atom.